The van der Waals surface area contributed by atoms with Crippen molar-refractivity contribution in [3.63, 3.8) is 0 Å². The first-order valence-corrected chi connectivity index (χ1v) is 12.4. The molecule has 1 fully saturated rings. The third-order valence-corrected chi connectivity index (χ3v) is 7.57. The minimum Gasteiger partial charge on any atom is -0.492 e. The second-order valence-electron chi connectivity index (χ2n) is 7.07. The van der Waals surface area contributed by atoms with Crippen molar-refractivity contribution in [2.45, 2.75) is 17.8 Å². The number of sulfone groups is 1. The van der Waals surface area contributed by atoms with Crippen LogP contribution in [0.4, 0.5) is 0 Å². The number of thioether (sulfide) groups is 1. The summed E-state index contributed by atoms with van der Waals surface area (Å²) in [7, 11) is -2.84. The molecule has 3 heterocycles. The molecule has 0 radical (unpaired) electrons. The number of para-hydroxylation sites is 2. The van der Waals surface area contributed by atoms with Gasteiger partial charge in [0.2, 0.25) is 0 Å². The highest BCUT2D eigenvalue weighted by Gasteiger charge is 2.21. The Morgan fingerprint density at radius 2 is 2.00 bits per heavy atom. The van der Waals surface area contributed by atoms with E-state index >= 15 is 0 Å². The highest BCUT2D eigenvalue weighted by molar-refractivity contribution is 7.98. The normalized spacial score (nSPS) is 16.9. The predicted octanol–water partition coefficient (Wildman–Crippen LogP) is 2.67. The molecule has 154 valence electrons. The van der Waals surface area contributed by atoms with Crippen molar-refractivity contribution in [1.29, 1.82) is 0 Å². The van der Waals surface area contributed by atoms with Crippen LogP contribution in [-0.4, -0.2) is 66.0 Å². The summed E-state index contributed by atoms with van der Waals surface area (Å²) >= 11 is 1.62. The number of hydrogen-bond acceptors (Lipinski definition) is 7. The number of benzene rings is 1. The second kappa shape index (κ2) is 8.73. The van der Waals surface area contributed by atoms with E-state index in [1.165, 1.54) is 0 Å². The number of nitrogens with one attached hydrogen (secondary N) is 1. The fraction of sp³-hybridized carbons (Fsp3) is 0.400. The van der Waals surface area contributed by atoms with Crippen molar-refractivity contribution in [1.82, 2.24) is 19.9 Å². The Morgan fingerprint density at radius 1 is 1.21 bits per heavy atom. The van der Waals surface area contributed by atoms with E-state index in [0.29, 0.717) is 25.4 Å². The summed E-state index contributed by atoms with van der Waals surface area (Å²) in [5.41, 5.74) is 3.99. The molecule has 1 aliphatic rings. The van der Waals surface area contributed by atoms with Crippen LogP contribution in [0, 0.1) is 6.92 Å². The number of imidazole rings is 1. The molecule has 0 atom stereocenters. The molecule has 0 spiro atoms. The van der Waals surface area contributed by atoms with Crippen LogP contribution in [0.1, 0.15) is 11.3 Å². The van der Waals surface area contributed by atoms with E-state index in [0.717, 1.165) is 39.7 Å². The van der Waals surface area contributed by atoms with Crippen molar-refractivity contribution in [3.05, 3.63) is 47.8 Å². The number of pyridine rings is 1. The molecule has 3 aromatic rings. The van der Waals surface area contributed by atoms with Gasteiger partial charge in [-0.3, -0.25) is 9.88 Å². The van der Waals surface area contributed by atoms with Gasteiger partial charge in [-0.1, -0.05) is 23.9 Å². The maximum Gasteiger partial charge on any atom is 0.166 e. The Labute approximate surface area is 174 Å². The Morgan fingerprint density at radius 3 is 2.79 bits per heavy atom. The summed E-state index contributed by atoms with van der Waals surface area (Å²) in [6.07, 6.45) is 1.77. The molecule has 1 N–H and O–H groups in total. The molecule has 0 unspecified atom stereocenters. The monoisotopic (exact) mass is 432 g/mol. The van der Waals surface area contributed by atoms with E-state index in [1.54, 1.807) is 18.0 Å². The van der Waals surface area contributed by atoms with Crippen molar-refractivity contribution in [3.8, 4) is 5.75 Å². The van der Waals surface area contributed by atoms with Gasteiger partial charge in [0.05, 0.1) is 28.2 Å². The Balaban J connectivity index is 1.32. The van der Waals surface area contributed by atoms with Crippen molar-refractivity contribution >= 4 is 32.6 Å². The van der Waals surface area contributed by atoms with E-state index in [-0.39, 0.29) is 11.5 Å². The molecule has 1 saturated heterocycles. The molecule has 1 aromatic carbocycles. The highest BCUT2D eigenvalue weighted by atomic mass is 32.2. The quantitative estimate of drug-likeness (QED) is 0.574. The van der Waals surface area contributed by atoms with Gasteiger partial charge in [-0.2, -0.15) is 0 Å². The van der Waals surface area contributed by atoms with Gasteiger partial charge in [0.1, 0.15) is 12.4 Å². The topological polar surface area (TPSA) is 88.2 Å². The smallest absolute Gasteiger partial charge is 0.166 e. The molecule has 4 rings (SSSR count). The summed E-state index contributed by atoms with van der Waals surface area (Å²) in [4.78, 5) is 14.5. The van der Waals surface area contributed by atoms with E-state index in [2.05, 4.69) is 19.9 Å². The Bertz CT molecular complexity index is 1050. The summed E-state index contributed by atoms with van der Waals surface area (Å²) in [5, 5.41) is 0.874. The minimum absolute atomic E-state index is 0.241. The van der Waals surface area contributed by atoms with Gasteiger partial charge in [0, 0.05) is 37.1 Å². The Hall–Kier alpha value is -2.10. The molecule has 2 aromatic heterocycles. The number of rotatable bonds is 7. The van der Waals surface area contributed by atoms with Crippen LogP contribution in [0.3, 0.4) is 0 Å². The standard InChI is InChI=1S/C20H24N4O3S2/c1-15-18(14-28-20-22-16-4-2-3-5-17(16)23-20)21-7-6-19(15)27-11-8-24-9-12-29(25,26)13-10-24/h2-7H,8-14H2,1H3,(H,22,23). The number of hydrogen-bond donors (Lipinski definition) is 1. The zero-order valence-electron chi connectivity index (χ0n) is 16.3. The van der Waals surface area contributed by atoms with Crippen molar-refractivity contribution in [2.75, 3.05) is 37.7 Å². The molecule has 0 bridgehead atoms. The molecule has 9 heteroatoms. The average molecular weight is 433 g/mol. The van der Waals surface area contributed by atoms with Gasteiger partial charge in [-0.15, -0.1) is 0 Å². The van der Waals surface area contributed by atoms with Gasteiger partial charge < -0.3 is 9.72 Å². The Kier molecular flexibility index (Phi) is 6.07. The van der Waals surface area contributed by atoms with Crippen LogP contribution in [0.25, 0.3) is 11.0 Å². The molecule has 0 amide bonds. The molecule has 1 aliphatic heterocycles. The largest absolute Gasteiger partial charge is 0.492 e. The van der Waals surface area contributed by atoms with Gasteiger partial charge in [-0.05, 0) is 25.1 Å². The summed E-state index contributed by atoms with van der Waals surface area (Å²) < 4.78 is 29.0. The molecule has 0 saturated carbocycles. The van der Waals surface area contributed by atoms with Crippen molar-refractivity contribution < 1.29 is 13.2 Å². The van der Waals surface area contributed by atoms with E-state index in [4.69, 9.17) is 4.74 Å². The molecule has 29 heavy (non-hydrogen) atoms. The lowest BCUT2D eigenvalue weighted by atomic mass is 10.2. The van der Waals surface area contributed by atoms with Gasteiger partial charge >= 0.3 is 0 Å². The molecule has 7 nitrogen and oxygen atoms in total. The first kappa shape index (κ1) is 20.2. The van der Waals surface area contributed by atoms with Crippen LogP contribution in [0.5, 0.6) is 5.75 Å². The third-order valence-electron chi connectivity index (χ3n) is 5.07. The van der Waals surface area contributed by atoms with Gasteiger partial charge in [0.15, 0.2) is 15.0 Å². The van der Waals surface area contributed by atoms with Gasteiger partial charge in [0.25, 0.3) is 0 Å². The predicted molar refractivity (Wildman–Crippen MR) is 115 cm³/mol. The lowest BCUT2D eigenvalue weighted by Gasteiger charge is -2.26. The maximum atomic E-state index is 11.5. The van der Waals surface area contributed by atoms with Crippen LogP contribution in [0.2, 0.25) is 0 Å². The zero-order valence-corrected chi connectivity index (χ0v) is 17.9. The van der Waals surface area contributed by atoms with Gasteiger partial charge in [-0.25, -0.2) is 13.4 Å². The number of nitrogens with zero attached hydrogens (tertiary/aromatic N) is 3. The van der Waals surface area contributed by atoms with E-state index in [1.807, 2.05) is 37.3 Å². The fourth-order valence-corrected chi connectivity index (χ4v) is 5.44. The van der Waals surface area contributed by atoms with Crippen LogP contribution < -0.4 is 4.74 Å². The second-order valence-corrected chi connectivity index (χ2v) is 10.3. The summed E-state index contributed by atoms with van der Waals surface area (Å²) in [5.74, 6) is 2.01. The lowest BCUT2D eigenvalue weighted by Crippen LogP contribution is -2.42. The molecular weight excluding hydrogens is 408 g/mol. The van der Waals surface area contributed by atoms with E-state index < -0.39 is 9.84 Å². The summed E-state index contributed by atoms with van der Waals surface area (Å²) in [6, 6.07) is 9.86. The summed E-state index contributed by atoms with van der Waals surface area (Å²) in [6.45, 7) is 4.44. The van der Waals surface area contributed by atoms with Crippen LogP contribution >= 0.6 is 11.8 Å². The number of aromatic nitrogens is 3. The number of fused-ring (bicyclic) bond motifs is 1. The van der Waals surface area contributed by atoms with Crippen LogP contribution in [-0.2, 0) is 15.6 Å². The number of aromatic amines is 1. The first-order valence-electron chi connectivity index (χ1n) is 9.58. The average Bonchev–Trinajstić information content (AvgIpc) is 3.12. The SMILES string of the molecule is Cc1c(OCCN2CCS(=O)(=O)CC2)ccnc1CSc1nc2ccccc2[nH]1. The lowest BCUT2D eigenvalue weighted by molar-refractivity contribution is 0.218. The third kappa shape index (κ3) is 5.09. The van der Waals surface area contributed by atoms with Crippen LogP contribution in [0.15, 0.2) is 41.7 Å². The van der Waals surface area contributed by atoms with E-state index in [9.17, 15) is 8.42 Å². The molecule has 0 aliphatic carbocycles. The molecular formula is C20H24N4O3S2. The maximum absolute atomic E-state index is 11.5. The highest BCUT2D eigenvalue weighted by Crippen LogP contribution is 2.27. The zero-order chi connectivity index (χ0) is 20.3. The fourth-order valence-electron chi connectivity index (χ4n) is 3.25. The number of H-pyrrole nitrogens is 1. The van der Waals surface area contributed by atoms with Crippen molar-refractivity contribution in [2.24, 2.45) is 0 Å². The minimum atomic E-state index is -2.84. The number of ether oxygens (including phenoxy) is 1. The first-order chi connectivity index (χ1) is 14.0.